The van der Waals surface area contributed by atoms with Crippen molar-refractivity contribution < 1.29 is 0 Å². The second-order valence-corrected chi connectivity index (χ2v) is 4.76. The van der Waals surface area contributed by atoms with Crippen LogP contribution in [-0.4, -0.2) is 32.9 Å². The molecule has 0 radical (unpaired) electrons. The zero-order chi connectivity index (χ0) is 15.2. The van der Waals surface area contributed by atoms with Gasteiger partial charge < -0.3 is 11.1 Å². The van der Waals surface area contributed by atoms with Crippen molar-refractivity contribution in [3.8, 4) is 0 Å². The molecule has 6 nitrogen and oxygen atoms in total. The molecule has 0 fully saturated rings. The zero-order valence-electron chi connectivity index (χ0n) is 12.7. The summed E-state index contributed by atoms with van der Waals surface area (Å²) >= 11 is 0. The molecule has 0 saturated carbocycles. The molecular weight excluding hydrogens is 264 g/mol. The van der Waals surface area contributed by atoms with E-state index in [9.17, 15) is 0 Å². The summed E-state index contributed by atoms with van der Waals surface area (Å²) in [5, 5.41) is 3.15. The highest BCUT2D eigenvalue weighted by Gasteiger charge is 2.17. The third kappa shape index (κ3) is 3.88. The molecule has 1 aromatic carbocycles. The SMILES string of the molecule is CCN(CC)[C@@H](C)c1nc(N)nc(Nc2ccccc2)n1. The first-order valence-corrected chi connectivity index (χ1v) is 7.21. The van der Waals surface area contributed by atoms with Gasteiger partial charge in [-0.15, -0.1) is 0 Å². The molecule has 1 atom stereocenters. The van der Waals surface area contributed by atoms with E-state index < -0.39 is 0 Å². The maximum absolute atomic E-state index is 5.81. The van der Waals surface area contributed by atoms with Gasteiger partial charge in [0.05, 0.1) is 6.04 Å². The van der Waals surface area contributed by atoms with Crippen LogP contribution in [0.25, 0.3) is 0 Å². The molecule has 0 saturated heterocycles. The van der Waals surface area contributed by atoms with Crippen molar-refractivity contribution in [1.29, 1.82) is 0 Å². The van der Waals surface area contributed by atoms with Crippen LogP contribution in [0.1, 0.15) is 32.6 Å². The number of anilines is 3. The standard InChI is InChI=1S/C15H22N6/c1-4-21(5-2)11(3)13-18-14(16)20-15(19-13)17-12-9-7-6-8-10-12/h6-11H,4-5H2,1-3H3,(H3,16,17,18,19,20)/t11-/m0/s1. The predicted octanol–water partition coefficient (Wildman–Crippen LogP) is 2.60. The Morgan fingerprint density at radius 2 is 1.76 bits per heavy atom. The number of para-hydroxylation sites is 1. The number of aromatic nitrogens is 3. The molecular formula is C15H22N6. The first-order chi connectivity index (χ1) is 10.1. The molecule has 6 heteroatoms. The number of rotatable bonds is 6. The van der Waals surface area contributed by atoms with Crippen LogP contribution in [0.3, 0.4) is 0 Å². The lowest BCUT2D eigenvalue weighted by Gasteiger charge is -2.25. The largest absolute Gasteiger partial charge is 0.368 e. The number of nitrogens with zero attached hydrogens (tertiary/aromatic N) is 4. The number of hydrogen-bond donors (Lipinski definition) is 2. The Balaban J connectivity index is 2.25. The summed E-state index contributed by atoms with van der Waals surface area (Å²) in [5.41, 5.74) is 6.73. The molecule has 0 aliphatic heterocycles. The molecule has 0 aliphatic carbocycles. The van der Waals surface area contributed by atoms with Crippen LogP contribution in [0.2, 0.25) is 0 Å². The topological polar surface area (TPSA) is 80.0 Å². The summed E-state index contributed by atoms with van der Waals surface area (Å²) in [6.07, 6.45) is 0. The van der Waals surface area contributed by atoms with E-state index in [1.807, 2.05) is 30.3 Å². The van der Waals surface area contributed by atoms with Crippen LogP contribution < -0.4 is 11.1 Å². The van der Waals surface area contributed by atoms with E-state index in [1.54, 1.807) is 0 Å². The Morgan fingerprint density at radius 3 is 2.38 bits per heavy atom. The van der Waals surface area contributed by atoms with Crippen LogP contribution >= 0.6 is 0 Å². The fourth-order valence-electron chi connectivity index (χ4n) is 2.24. The predicted molar refractivity (Wildman–Crippen MR) is 85.3 cm³/mol. The van der Waals surface area contributed by atoms with Gasteiger partial charge in [0.1, 0.15) is 0 Å². The molecule has 0 bridgehead atoms. The highest BCUT2D eigenvalue weighted by Crippen LogP contribution is 2.19. The first-order valence-electron chi connectivity index (χ1n) is 7.21. The van der Waals surface area contributed by atoms with E-state index in [4.69, 9.17) is 5.73 Å². The van der Waals surface area contributed by atoms with E-state index in [0.717, 1.165) is 18.8 Å². The van der Waals surface area contributed by atoms with Crippen LogP contribution in [0.5, 0.6) is 0 Å². The minimum atomic E-state index is 0.0987. The number of hydrogen-bond acceptors (Lipinski definition) is 6. The molecule has 3 N–H and O–H groups in total. The van der Waals surface area contributed by atoms with Gasteiger partial charge in [0, 0.05) is 5.69 Å². The van der Waals surface area contributed by atoms with E-state index >= 15 is 0 Å². The van der Waals surface area contributed by atoms with Crippen LogP contribution in [0.4, 0.5) is 17.6 Å². The summed E-state index contributed by atoms with van der Waals surface area (Å²) < 4.78 is 0. The normalized spacial score (nSPS) is 12.4. The third-order valence-electron chi connectivity index (χ3n) is 3.43. The van der Waals surface area contributed by atoms with Crippen molar-refractivity contribution in [3.05, 3.63) is 36.2 Å². The van der Waals surface area contributed by atoms with Gasteiger partial charge in [-0.2, -0.15) is 15.0 Å². The Bertz CT molecular complexity index is 568. The minimum Gasteiger partial charge on any atom is -0.368 e. The van der Waals surface area contributed by atoms with Crippen LogP contribution in [-0.2, 0) is 0 Å². The number of nitrogens with one attached hydrogen (secondary N) is 1. The Kier molecular flexibility index (Phi) is 5.05. The molecule has 0 aliphatic rings. The van der Waals surface area contributed by atoms with Crippen LogP contribution in [0, 0.1) is 0 Å². The smallest absolute Gasteiger partial charge is 0.232 e. The van der Waals surface area contributed by atoms with Crippen molar-refractivity contribution in [3.63, 3.8) is 0 Å². The first kappa shape index (κ1) is 15.2. The zero-order valence-corrected chi connectivity index (χ0v) is 12.7. The van der Waals surface area contributed by atoms with Crippen LogP contribution in [0.15, 0.2) is 30.3 Å². The molecule has 1 aromatic heterocycles. The fourth-order valence-corrected chi connectivity index (χ4v) is 2.24. The molecule has 21 heavy (non-hydrogen) atoms. The quantitative estimate of drug-likeness (QED) is 0.849. The number of benzene rings is 1. The molecule has 1 heterocycles. The summed E-state index contributed by atoms with van der Waals surface area (Å²) in [6.45, 7) is 8.19. The second kappa shape index (κ2) is 6.99. The highest BCUT2D eigenvalue weighted by molar-refractivity contribution is 5.53. The summed E-state index contributed by atoms with van der Waals surface area (Å²) in [6, 6.07) is 9.86. The van der Waals surface area contributed by atoms with Gasteiger partial charge in [-0.1, -0.05) is 32.0 Å². The van der Waals surface area contributed by atoms with Crippen molar-refractivity contribution >= 4 is 17.6 Å². The molecule has 0 spiro atoms. The van der Waals surface area contributed by atoms with Gasteiger partial charge >= 0.3 is 0 Å². The van der Waals surface area contributed by atoms with Crippen molar-refractivity contribution in [2.45, 2.75) is 26.8 Å². The van der Waals surface area contributed by atoms with E-state index in [1.165, 1.54) is 0 Å². The minimum absolute atomic E-state index is 0.0987. The molecule has 0 unspecified atom stereocenters. The monoisotopic (exact) mass is 286 g/mol. The Labute approximate surface area is 125 Å². The average molecular weight is 286 g/mol. The summed E-state index contributed by atoms with van der Waals surface area (Å²) in [7, 11) is 0. The summed E-state index contributed by atoms with van der Waals surface area (Å²) in [4.78, 5) is 15.2. The van der Waals surface area contributed by atoms with E-state index in [-0.39, 0.29) is 12.0 Å². The molecule has 0 amide bonds. The fraction of sp³-hybridized carbons (Fsp3) is 0.400. The van der Waals surface area contributed by atoms with Gasteiger partial charge in [-0.25, -0.2) is 0 Å². The maximum Gasteiger partial charge on any atom is 0.232 e. The number of nitrogen functional groups attached to an aromatic ring is 1. The van der Waals surface area contributed by atoms with Crippen molar-refractivity contribution in [2.75, 3.05) is 24.1 Å². The van der Waals surface area contributed by atoms with Gasteiger partial charge in [0.2, 0.25) is 11.9 Å². The van der Waals surface area contributed by atoms with Gasteiger partial charge in [-0.3, -0.25) is 4.90 Å². The Morgan fingerprint density at radius 1 is 1.10 bits per heavy atom. The summed E-state index contributed by atoms with van der Waals surface area (Å²) in [5.74, 6) is 1.39. The van der Waals surface area contributed by atoms with E-state index in [2.05, 4.69) is 45.9 Å². The second-order valence-electron chi connectivity index (χ2n) is 4.76. The lowest BCUT2D eigenvalue weighted by Crippen LogP contribution is -2.28. The molecule has 112 valence electrons. The lowest BCUT2D eigenvalue weighted by atomic mass is 10.2. The van der Waals surface area contributed by atoms with Gasteiger partial charge in [-0.05, 0) is 32.1 Å². The lowest BCUT2D eigenvalue weighted by molar-refractivity contribution is 0.226. The van der Waals surface area contributed by atoms with Crippen molar-refractivity contribution in [1.82, 2.24) is 19.9 Å². The molecule has 2 aromatic rings. The van der Waals surface area contributed by atoms with Gasteiger partial charge in [0.25, 0.3) is 0 Å². The van der Waals surface area contributed by atoms with Gasteiger partial charge in [0.15, 0.2) is 5.82 Å². The highest BCUT2D eigenvalue weighted by atomic mass is 15.2. The third-order valence-corrected chi connectivity index (χ3v) is 3.43. The maximum atomic E-state index is 5.81. The number of nitrogens with two attached hydrogens (primary N) is 1. The van der Waals surface area contributed by atoms with E-state index in [0.29, 0.717) is 11.8 Å². The Hall–Kier alpha value is -2.21. The van der Waals surface area contributed by atoms with Crippen molar-refractivity contribution in [2.24, 2.45) is 0 Å². The average Bonchev–Trinajstić information content (AvgIpc) is 2.49. The molecule has 2 rings (SSSR count).